The van der Waals surface area contributed by atoms with Crippen LogP contribution in [-0.4, -0.2) is 25.4 Å². The van der Waals surface area contributed by atoms with Crippen LogP contribution in [0.1, 0.15) is 12.5 Å². The van der Waals surface area contributed by atoms with Gasteiger partial charge in [-0.05, 0) is 25.5 Å². The van der Waals surface area contributed by atoms with Crippen LogP contribution in [0.25, 0.3) is 0 Å². The maximum atomic E-state index is 11.7. The van der Waals surface area contributed by atoms with Crippen molar-refractivity contribution in [3.05, 3.63) is 28.8 Å². The minimum Gasteiger partial charge on any atom is -0.395 e. The zero-order valence-electron chi connectivity index (χ0n) is 9.07. The molecule has 0 bridgehead atoms. The molecule has 0 spiro atoms. The molecule has 1 rings (SSSR count). The molecule has 0 aromatic heterocycles. The van der Waals surface area contributed by atoms with Crippen molar-refractivity contribution in [3.8, 4) is 0 Å². The zero-order valence-corrected chi connectivity index (χ0v) is 10.6. The fourth-order valence-corrected chi connectivity index (χ4v) is 2.38. The molecular weight excluding hydrogens is 250 g/mol. The number of para-hydroxylation sites is 1. The highest BCUT2D eigenvalue weighted by Crippen LogP contribution is 2.26. The molecule has 1 aromatic rings. The molecule has 0 saturated carbocycles. The monoisotopic (exact) mass is 263 g/mol. The lowest BCUT2D eigenvalue weighted by Gasteiger charge is -2.15. The molecule has 0 amide bonds. The van der Waals surface area contributed by atoms with E-state index in [-0.39, 0.29) is 0 Å². The van der Waals surface area contributed by atoms with Crippen LogP contribution in [0.5, 0.6) is 0 Å². The van der Waals surface area contributed by atoms with Gasteiger partial charge in [0.05, 0.1) is 17.3 Å². The summed E-state index contributed by atoms with van der Waals surface area (Å²) in [7, 11) is -3.59. The van der Waals surface area contributed by atoms with E-state index in [1.54, 1.807) is 25.1 Å². The Hall–Kier alpha value is -0.780. The van der Waals surface area contributed by atoms with E-state index in [0.717, 1.165) is 5.56 Å². The van der Waals surface area contributed by atoms with Gasteiger partial charge in [0.2, 0.25) is 10.0 Å². The molecule has 0 radical (unpaired) electrons. The van der Waals surface area contributed by atoms with E-state index in [1.165, 1.54) is 6.92 Å². The van der Waals surface area contributed by atoms with Crippen molar-refractivity contribution in [3.63, 3.8) is 0 Å². The summed E-state index contributed by atoms with van der Waals surface area (Å²) < 4.78 is 25.8. The molecule has 0 saturated heterocycles. The average Bonchev–Trinajstić information content (AvgIpc) is 2.22. The van der Waals surface area contributed by atoms with E-state index >= 15 is 0 Å². The van der Waals surface area contributed by atoms with Crippen molar-refractivity contribution < 1.29 is 13.5 Å². The summed E-state index contributed by atoms with van der Waals surface area (Å²) in [6.45, 7) is 2.75. The Morgan fingerprint density at radius 1 is 1.50 bits per heavy atom. The van der Waals surface area contributed by atoms with E-state index in [9.17, 15) is 8.42 Å². The van der Waals surface area contributed by atoms with E-state index in [2.05, 4.69) is 4.72 Å². The molecule has 1 atom stereocenters. The van der Waals surface area contributed by atoms with Gasteiger partial charge in [0.1, 0.15) is 5.25 Å². The van der Waals surface area contributed by atoms with Gasteiger partial charge < -0.3 is 5.11 Å². The Kier molecular flexibility index (Phi) is 4.18. The average molecular weight is 264 g/mol. The molecule has 0 aliphatic carbocycles. The van der Waals surface area contributed by atoms with Crippen molar-refractivity contribution in [1.82, 2.24) is 0 Å². The Bertz CT molecular complexity index is 453. The molecule has 1 aromatic carbocycles. The maximum Gasteiger partial charge on any atom is 0.237 e. The first-order valence-corrected chi connectivity index (χ1v) is 6.68. The number of aliphatic hydroxyl groups excluding tert-OH is 1. The van der Waals surface area contributed by atoms with Gasteiger partial charge in [-0.2, -0.15) is 0 Å². The molecule has 0 aliphatic heterocycles. The predicted octanol–water partition coefficient (Wildman–Crippen LogP) is 1.77. The Balaban J connectivity index is 3.06. The maximum absolute atomic E-state index is 11.7. The summed E-state index contributed by atoms with van der Waals surface area (Å²) in [5, 5.41) is 8.30. The van der Waals surface area contributed by atoms with Gasteiger partial charge in [0, 0.05) is 0 Å². The van der Waals surface area contributed by atoms with E-state index in [1.807, 2.05) is 0 Å². The number of benzene rings is 1. The fourth-order valence-electron chi connectivity index (χ4n) is 1.10. The second-order valence-electron chi connectivity index (χ2n) is 3.57. The molecule has 16 heavy (non-hydrogen) atoms. The highest BCUT2D eigenvalue weighted by molar-refractivity contribution is 7.93. The van der Waals surface area contributed by atoms with Crippen LogP contribution in [0.4, 0.5) is 5.69 Å². The molecule has 0 heterocycles. The molecule has 2 N–H and O–H groups in total. The lowest BCUT2D eigenvalue weighted by Crippen LogP contribution is -2.28. The third-order valence-electron chi connectivity index (χ3n) is 2.25. The van der Waals surface area contributed by atoms with Crippen LogP contribution in [0.2, 0.25) is 5.02 Å². The number of halogens is 1. The molecular formula is C10H14ClNO3S. The van der Waals surface area contributed by atoms with Crippen molar-refractivity contribution in [2.45, 2.75) is 19.1 Å². The molecule has 0 fully saturated rings. The first-order valence-electron chi connectivity index (χ1n) is 4.76. The summed E-state index contributed by atoms with van der Waals surface area (Å²) in [5.41, 5.74) is 1.10. The second-order valence-corrected chi connectivity index (χ2v) is 6.08. The van der Waals surface area contributed by atoms with Gasteiger partial charge in [-0.3, -0.25) is 4.72 Å². The molecule has 1 unspecified atom stereocenters. The first-order chi connectivity index (χ1) is 7.38. The van der Waals surface area contributed by atoms with Crippen molar-refractivity contribution >= 4 is 27.3 Å². The third kappa shape index (κ3) is 2.87. The summed E-state index contributed by atoms with van der Waals surface area (Å²) in [5.74, 6) is 0. The van der Waals surface area contributed by atoms with Crippen molar-refractivity contribution in [1.29, 1.82) is 0 Å². The number of rotatable bonds is 4. The Labute approximate surface area is 100 Å². The van der Waals surface area contributed by atoms with E-state index in [0.29, 0.717) is 10.7 Å². The van der Waals surface area contributed by atoms with Gasteiger partial charge in [0.15, 0.2) is 0 Å². The van der Waals surface area contributed by atoms with Crippen molar-refractivity contribution in [2.75, 3.05) is 11.3 Å². The lowest BCUT2D eigenvalue weighted by molar-refractivity contribution is 0.296. The number of aliphatic hydroxyl groups is 1. The number of sulfonamides is 1. The zero-order chi connectivity index (χ0) is 12.3. The van der Waals surface area contributed by atoms with Gasteiger partial charge in [-0.1, -0.05) is 23.7 Å². The molecule has 0 aliphatic rings. The standard InChI is InChI=1S/C10H14ClNO3S/c1-7-4-3-5-9(11)10(7)12-16(14,15)8(2)6-13/h3-5,8,12-13H,6H2,1-2H3. The molecule has 90 valence electrons. The third-order valence-corrected chi connectivity index (χ3v) is 4.27. The van der Waals surface area contributed by atoms with Gasteiger partial charge in [0.25, 0.3) is 0 Å². The first kappa shape index (κ1) is 13.3. The topological polar surface area (TPSA) is 66.4 Å². The van der Waals surface area contributed by atoms with E-state index < -0.39 is 21.9 Å². The van der Waals surface area contributed by atoms with Crippen LogP contribution < -0.4 is 4.72 Å². The number of hydrogen-bond donors (Lipinski definition) is 2. The van der Waals surface area contributed by atoms with Gasteiger partial charge >= 0.3 is 0 Å². The van der Waals surface area contributed by atoms with Crippen LogP contribution in [0.3, 0.4) is 0 Å². The quantitative estimate of drug-likeness (QED) is 0.870. The smallest absolute Gasteiger partial charge is 0.237 e. The van der Waals surface area contributed by atoms with Crippen LogP contribution in [-0.2, 0) is 10.0 Å². The number of anilines is 1. The summed E-state index contributed by atoms with van der Waals surface area (Å²) >= 11 is 5.89. The lowest BCUT2D eigenvalue weighted by atomic mass is 10.2. The number of hydrogen-bond acceptors (Lipinski definition) is 3. The van der Waals surface area contributed by atoms with E-state index in [4.69, 9.17) is 16.7 Å². The van der Waals surface area contributed by atoms with Gasteiger partial charge in [-0.25, -0.2) is 8.42 Å². The highest BCUT2D eigenvalue weighted by Gasteiger charge is 2.21. The summed E-state index contributed by atoms with van der Waals surface area (Å²) in [4.78, 5) is 0. The normalized spacial score (nSPS) is 13.5. The number of nitrogens with one attached hydrogen (secondary N) is 1. The van der Waals surface area contributed by atoms with Gasteiger partial charge in [-0.15, -0.1) is 0 Å². The molecule has 6 heteroatoms. The minimum atomic E-state index is -3.59. The van der Waals surface area contributed by atoms with Crippen LogP contribution >= 0.6 is 11.6 Å². The second kappa shape index (κ2) is 5.03. The Morgan fingerprint density at radius 3 is 2.62 bits per heavy atom. The predicted molar refractivity (Wildman–Crippen MR) is 65.3 cm³/mol. The van der Waals surface area contributed by atoms with Crippen LogP contribution in [0.15, 0.2) is 18.2 Å². The molecule has 4 nitrogen and oxygen atoms in total. The summed E-state index contributed by atoms with van der Waals surface area (Å²) in [6, 6.07) is 5.11. The fraction of sp³-hybridized carbons (Fsp3) is 0.400. The van der Waals surface area contributed by atoms with Crippen LogP contribution in [0, 0.1) is 6.92 Å². The van der Waals surface area contributed by atoms with Crippen molar-refractivity contribution in [2.24, 2.45) is 0 Å². The SMILES string of the molecule is Cc1cccc(Cl)c1NS(=O)(=O)C(C)CO. The minimum absolute atomic E-state index is 0.341. The summed E-state index contributed by atoms with van der Waals surface area (Å²) in [6.07, 6.45) is 0. The largest absolute Gasteiger partial charge is 0.395 e. The highest BCUT2D eigenvalue weighted by atomic mass is 35.5. The Morgan fingerprint density at radius 2 is 2.12 bits per heavy atom. The number of aryl methyl sites for hydroxylation is 1.